The maximum Gasteiger partial charge on any atom is 0.242 e. The third kappa shape index (κ3) is 8.01. The van der Waals surface area contributed by atoms with E-state index in [9.17, 15) is 9.59 Å². The van der Waals surface area contributed by atoms with Gasteiger partial charge in [0.2, 0.25) is 11.9 Å². The van der Waals surface area contributed by atoms with Crippen molar-refractivity contribution in [2.24, 2.45) is 5.92 Å². The van der Waals surface area contributed by atoms with Gasteiger partial charge < -0.3 is 16.0 Å². The van der Waals surface area contributed by atoms with Crippen LogP contribution in [0.25, 0.3) is 0 Å². The van der Waals surface area contributed by atoms with Crippen molar-refractivity contribution in [1.82, 2.24) is 15.3 Å². The molecule has 3 rings (SSSR count). The predicted molar refractivity (Wildman–Crippen MR) is 136 cm³/mol. The fourth-order valence-electron chi connectivity index (χ4n) is 3.30. The Kier molecular flexibility index (Phi) is 9.24. The second kappa shape index (κ2) is 12.3. The largest absolute Gasteiger partial charge is 0.358 e. The predicted octanol–water partition coefficient (Wildman–Crippen LogP) is 5.35. The summed E-state index contributed by atoms with van der Waals surface area (Å²) in [6.45, 7) is 4.88. The minimum Gasteiger partial charge on any atom is -0.358 e. The SMILES string of the molecule is CC(C)C[C@@H](Nc1cc(C=O)nc(NCc2cccc(Cl)c2)n1)C(=O)NCc1ccc(Cl)cc1. The fraction of sp³-hybridized carbons (Fsp3) is 0.280. The van der Waals surface area contributed by atoms with Crippen LogP contribution in [0.2, 0.25) is 10.0 Å². The molecule has 34 heavy (non-hydrogen) atoms. The quantitative estimate of drug-likeness (QED) is 0.307. The van der Waals surface area contributed by atoms with Crippen LogP contribution in [-0.4, -0.2) is 28.2 Å². The summed E-state index contributed by atoms with van der Waals surface area (Å²) in [5.74, 6) is 0.755. The van der Waals surface area contributed by atoms with Gasteiger partial charge in [-0.2, -0.15) is 4.98 Å². The number of carbonyl (C=O) groups is 2. The maximum atomic E-state index is 13.0. The molecule has 0 aliphatic carbocycles. The van der Waals surface area contributed by atoms with E-state index in [0.29, 0.717) is 41.7 Å². The zero-order valence-electron chi connectivity index (χ0n) is 19.0. The summed E-state index contributed by atoms with van der Waals surface area (Å²) >= 11 is 12.0. The summed E-state index contributed by atoms with van der Waals surface area (Å²) in [4.78, 5) is 33.1. The minimum atomic E-state index is -0.539. The Labute approximate surface area is 209 Å². The van der Waals surface area contributed by atoms with Crippen LogP contribution in [0, 0.1) is 5.92 Å². The van der Waals surface area contributed by atoms with Gasteiger partial charge in [-0.3, -0.25) is 9.59 Å². The number of aldehydes is 1. The standard InChI is InChI=1S/C25H27Cl2N5O2/c1-16(2)10-22(24(34)28-13-17-6-8-19(26)9-7-17)31-23-12-21(15-33)30-25(32-23)29-14-18-4-3-5-20(27)11-18/h3-9,11-12,15-16,22H,10,13-14H2,1-2H3,(H,28,34)(H2,29,30,31,32)/t22-/m1/s1. The molecule has 0 aliphatic heterocycles. The van der Waals surface area contributed by atoms with Crippen molar-refractivity contribution in [3.63, 3.8) is 0 Å². The first kappa shape index (κ1) is 25.5. The van der Waals surface area contributed by atoms with Gasteiger partial charge in [-0.15, -0.1) is 0 Å². The summed E-state index contributed by atoms with van der Waals surface area (Å²) in [7, 11) is 0. The van der Waals surface area contributed by atoms with Gasteiger partial charge in [0, 0.05) is 29.2 Å². The lowest BCUT2D eigenvalue weighted by Gasteiger charge is -2.21. The normalized spacial score (nSPS) is 11.7. The highest BCUT2D eigenvalue weighted by Gasteiger charge is 2.21. The van der Waals surface area contributed by atoms with Crippen molar-refractivity contribution in [3.8, 4) is 0 Å². The third-order valence-electron chi connectivity index (χ3n) is 4.93. The Bertz CT molecular complexity index is 1120. The van der Waals surface area contributed by atoms with E-state index >= 15 is 0 Å². The molecule has 3 N–H and O–H groups in total. The zero-order chi connectivity index (χ0) is 24.5. The monoisotopic (exact) mass is 499 g/mol. The van der Waals surface area contributed by atoms with Crippen molar-refractivity contribution in [2.45, 2.75) is 39.4 Å². The van der Waals surface area contributed by atoms with Gasteiger partial charge in [0.05, 0.1) is 0 Å². The molecular weight excluding hydrogens is 473 g/mol. The number of nitrogens with one attached hydrogen (secondary N) is 3. The number of carbonyl (C=O) groups excluding carboxylic acids is 2. The highest BCUT2D eigenvalue weighted by atomic mass is 35.5. The molecule has 0 saturated heterocycles. The molecule has 178 valence electrons. The molecule has 7 nitrogen and oxygen atoms in total. The van der Waals surface area contributed by atoms with Crippen LogP contribution < -0.4 is 16.0 Å². The summed E-state index contributed by atoms with van der Waals surface area (Å²) in [5.41, 5.74) is 2.09. The van der Waals surface area contributed by atoms with Crippen LogP contribution in [0.1, 0.15) is 41.9 Å². The number of hydrogen-bond acceptors (Lipinski definition) is 6. The number of halogens is 2. The first-order valence-electron chi connectivity index (χ1n) is 10.9. The van der Waals surface area contributed by atoms with E-state index in [1.165, 1.54) is 6.07 Å². The Morgan fingerprint density at radius 2 is 1.74 bits per heavy atom. The lowest BCUT2D eigenvalue weighted by Crippen LogP contribution is -2.40. The Morgan fingerprint density at radius 3 is 2.41 bits per heavy atom. The highest BCUT2D eigenvalue weighted by Crippen LogP contribution is 2.17. The minimum absolute atomic E-state index is 0.164. The molecule has 0 spiro atoms. The molecule has 9 heteroatoms. The van der Waals surface area contributed by atoms with E-state index in [1.807, 2.05) is 44.2 Å². The number of rotatable bonds is 11. The molecule has 0 fully saturated rings. The third-order valence-corrected chi connectivity index (χ3v) is 5.42. The molecule has 1 atom stereocenters. The number of aromatic nitrogens is 2. The van der Waals surface area contributed by atoms with Gasteiger partial charge in [0.1, 0.15) is 17.6 Å². The van der Waals surface area contributed by atoms with Gasteiger partial charge in [-0.1, -0.05) is 61.3 Å². The van der Waals surface area contributed by atoms with E-state index in [-0.39, 0.29) is 23.5 Å². The van der Waals surface area contributed by atoms with E-state index in [2.05, 4.69) is 25.9 Å². The lowest BCUT2D eigenvalue weighted by atomic mass is 10.0. The average molecular weight is 500 g/mol. The molecule has 0 aliphatic rings. The Morgan fingerprint density at radius 1 is 0.971 bits per heavy atom. The Hall–Kier alpha value is -3.16. The van der Waals surface area contributed by atoms with E-state index in [1.54, 1.807) is 18.2 Å². The molecule has 2 aromatic carbocycles. The van der Waals surface area contributed by atoms with Crippen LogP contribution in [0.3, 0.4) is 0 Å². The molecule has 1 heterocycles. The number of anilines is 2. The number of nitrogens with zero attached hydrogens (tertiary/aromatic N) is 2. The number of benzene rings is 2. The molecule has 1 amide bonds. The van der Waals surface area contributed by atoms with Crippen molar-refractivity contribution >= 4 is 47.2 Å². The van der Waals surface area contributed by atoms with Crippen molar-refractivity contribution in [1.29, 1.82) is 0 Å². The number of amides is 1. The van der Waals surface area contributed by atoms with Crippen LogP contribution in [0.15, 0.2) is 54.6 Å². The first-order chi connectivity index (χ1) is 16.3. The van der Waals surface area contributed by atoms with E-state index in [0.717, 1.165) is 11.1 Å². The highest BCUT2D eigenvalue weighted by molar-refractivity contribution is 6.30. The molecule has 0 radical (unpaired) electrons. The molecule has 0 bridgehead atoms. The molecular formula is C25H27Cl2N5O2. The number of hydrogen-bond donors (Lipinski definition) is 3. The van der Waals surface area contributed by atoms with Gasteiger partial charge in [0.15, 0.2) is 6.29 Å². The smallest absolute Gasteiger partial charge is 0.242 e. The van der Waals surface area contributed by atoms with Crippen LogP contribution >= 0.6 is 23.2 Å². The Balaban J connectivity index is 1.71. The van der Waals surface area contributed by atoms with Gasteiger partial charge in [0.25, 0.3) is 0 Å². The fourth-order valence-corrected chi connectivity index (χ4v) is 3.64. The first-order valence-corrected chi connectivity index (χ1v) is 11.7. The zero-order valence-corrected chi connectivity index (χ0v) is 20.5. The maximum absolute atomic E-state index is 13.0. The van der Waals surface area contributed by atoms with Crippen molar-refractivity contribution in [3.05, 3.63) is 81.5 Å². The van der Waals surface area contributed by atoms with Gasteiger partial charge >= 0.3 is 0 Å². The van der Waals surface area contributed by atoms with Crippen molar-refractivity contribution < 1.29 is 9.59 Å². The van der Waals surface area contributed by atoms with E-state index in [4.69, 9.17) is 23.2 Å². The van der Waals surface area contributed by atoms with Gasteiger partial charge in [-0.05, 0) is 47.7 Å². The van der Waals surface area contributed by atoms with Crippen molar-refractivity contribution in [2.75, 3.05) is 10.6 Å². The van der Waals surface area contributed by atoms with E-state index < -0.39 is 6.04 Å². The van der Waals surface area contributed by atoms with Gasteiger partial charge in [-0.25, -0.2) is 4.98 Å². The summed E-state index contributed by atoms with van der Waals surface area (Å²) < 4.78 is 0. The topological polar surface area (TPSA) is 96.0 Å². The second-order valence-corrected chi connectivity index (χ2v) is 9.15. The lowest BCUT2D eigenvalue weighted by molar-refractivity contribution is -0.122. The molecule has 3 aromatic rings. The van der Waals surface area contributed by atoms with Crippen LogP contribution in [-0.2, 0) is 17.9 Å². The molecule has 0 unspecified atom stereocenters. The van der Waals surface area contributed by atoms with Crippen LogP contribution in [0.4, 0.5) is 11.8 Å². The molecule has 0 saturated carbocycles. The second-order valence-electron chi connectivity index (χ2n) is 8.27. The molecule has 1 aromatic heterocycles. The van der Waals surface area contributed by atoms with Crippen LogP contribution in [0.5, 0.6) is 0 Å². The summed E-state index contributed by atoms with van der Waals surface area (Å²) in [5, 5.41) is 10.5. The average Bonchev–Trinajstić information content (AvgIpc) is 2.81. The summed E-state index contributed by atoms with van der Waals surface area (Å²) in [6, 6.07) is 15.7. The summed E-state index contributed by atoms with van der Waals surface area (Å²) in [6.07, 6.45) is 1.23.